The summed E-state index contributed by atoms with van der Waals surface area (Å²) >= 11 is 0. The summed E-state index contributed by atoms with van der Waals surface area (Å²) in [6.07, 6.45) is 4.12. The molecule has 13 heavy (non-hydrogen) atoms. The Morgan fingerprint density at radius 1 is 1.46 bits per heavy atom. The fourth-order valence-electron chi connectivity index (χ4n) is 1.70. The van der Waals surface area contributed by atoms with E-state index in [1.807, 2.05) is 0 Å². The molecule has 0 aliphatic carbocycles. The highest BCUT2D eigenvalue weighted by Crippen LogP contribution is 2.13. The van der Waals surface area contributed by atoms with E-state index in [1.165, 1.54) is 19.3 Å². The second kappa shape index (κ2) is 5.61. The lowest BCUT2D eigenvalue weighted by Gasteiger charge is -2.30. The van der Waals surface area contributed by atoms with E-state index in [0.717, 1.165) is 19.1 Å². The average molecular weight is 185 g/mol. The first-order valence-corrected chi connectivity index (χ1v) is 5.55. The lowest BCUT2D eigenvalue weighted by molar-refractivity contribution is 0.00781. The Labute approximate surface area is 82.0 Å². The molecule has 0 radical (unpaired) electrons. The van der Waals surface area contributed by atoms with Gasteiger partial charge in [-0.05, 0) is 38.6 Å². The molecular formula is C11H23NO. The quantitative estimate of drug-likeness (QED) is 0.725. The van der Waals surface area contributed by atoms with E-state index < -0.39 is 0 Å². The SMILES string of the molecule is CC(C)CCOC1CCCNC1C. The molecule has 0 aromatic heterocycles. The zero-order valence-corrected chi connectivity index (χ0v) is 9.18. The number of nitrogens with one attached hydrogen (secondary N) is 1. The van der Waals surface area contributed by atoms with Crippen molar-refractivity contribution in [2.24, 2.45) is 5.92 Å². The van der Waals surface area contributed by atoms with Crippen molar-refractivity contribution in [3.05, 3.63) is 0 Å². The second-order valence-electron chi connectivity index (χ2n) is 4.48. The summed E-state index contributed by atoms with van der Waals surface area (Å²) in [5.74, 6) is 0.756. The van der Waals surface area contributed by atoms with Crippen molar-refractivity contribution in [3.8, 4) is 0 Å². The van der Waals surface area contributed by atoms with Crippen LogP contribution < -0.4 is 5.32 Å². The number of piperidine rings is 1. The van der Waals surface area contributed by atoms with Crippen molar-refractivity contribution in [3.63, 3.8) is 0 Å². The minimum absolute atomic E-state index is 0.451. The Bertz CT molecular complexity index is 136. The zero-order valence-electron chi connectivity index (χ0n) is 9.18. The van der Waals surface area contributed by atoms with Crippen LogP contribution in [0, 0.1) is 5.92 Å². The molecule has 2 atom stereocenters. The molecule has 1 heterocycles. The van der Waals surface area contributed by atoms with Crippen LogP contribution >= 0.6 is 0 Å². The predicted molar refractivity (Wildman–Crippen MR) is 55.9 cm³/mol. The third-order valence-corrected chi connectivity index (χ3v) is 2.72. The largest absolute Gasteiger partial charge is 0.377 e. The van der Waals surface area contributed by atoms with Gasteiger partial charge in [0.2, 0.25) is 0 Å². The maximum absolute atomic E-state index is 5.84. The first-order chi connectivity index (χ1) is 6.20. The summed E-state index contributed by atoms with van der Waals surface area (Å²) in [6, 6.07) is 0.543. The molecule has 0 aromatic carbocycles. The van der Waals surface area contributed by atoms with Gasteiger partial charge in [0.15, 0.2) is 0 Å². The Kier molecular flexibility index (Phi) is 4.74. The van der Waals surface area contributed by atoms with Gasteiger partial charge in [-0.25, -0.2) is 0 Å². The van der Waals surface area contributed by atoms with Crippen molar-refractivity contribution < 1.29 is 4.74 Å². The van der Waals surface area contributed by atoms with Gasteiger partial charge in [-0.15, -0.1) is 0 Å². The third kappa shape index (κ3) is 4.10. The first-order valence-electron chi connectivity index (χ1n) is 5.55. The molecule has 1 N–H and O–H groups in total. The zero-order chi connectivity index (χ0) is 9.68. The molecule has 0 saturated carbocycles. The van der Waals surface area contributed by atoms with Gasteiger partial charge in [0, 0.05) is 12.6 Å². The molecule has 78 valence electrons. The van der Waals surface area contributed by atoms with Gasteiger partial charge in [0.05, 0.1) is 6.10 Å². The Morgan fingerprint density at radius 3 is 2.85 bits per heavy atom. The van der Waals surface area contributed by atoms with Crippen LogP contribution in [0.4, 0.5) is 0 Å². The van der Waals surface area contributed by atoms with Crippen LogP contribution in [0.2, 0.25) is 0 Å². The normalized spacial score (nSPS) is 29.5. The van der Waals surface area contributed by atoms with Crippen LogP contribution in [0.3, 0.4) is 0 Å². The lowest BCUT2D eigenvalue weighted by atomic mass is 10.0. The van der Waals surface area contributed by atoms with Crippen molar-refractivity contribution in [2.45, 2.75) is 52.2 Å². The molecular weight excluding hydrogens is 162 g/mol. The number of hydrogen-bond donors (Lipinski definition) is 1. The van der Waals surface area contributed by atoms with Gasteiger partial charge in [0.1, 0.15) is 0 Å². The van der Waals surface area contributed by atoms with E-state index in [0.29, 0.717) is 12.1 Å². The van der Waals surface area contributed by atoms with Gasteiger partial charge in [0.25, 0.3) is 0 Å². The Balaban J connectivity index is 2.11. The molecule has 1 aliphatic rings. The molecule has 0 amide bonds. The highest BCUT2D eigenvalue weighted by atomic mass is 16.5. The first kappa shape index (κ1) is 11.0. The summed E-state index contributed by atoms with van der Waals surface area (Å²) < 4.78 is 5.84. The predicted octanol–water partition coefficient (Wildman–Crippen LogP) is 2.19. The Morgan fingerprint density at radius 2 is 2.23 bits per heavy atom. The van der Waals surface area contributed by atoms with Gasteiger partial charge in [-0.2, -0.15) is 0 Å². The molecule has 0 aromatic rings. The second-order valence-corrected chi connectivity index (χ2v) is 4.48. The van der Waals surface area contributed by atoms with Crippen molar-refractivity contribution in [2.75, 3.05) is 13.2 Å². The summed E-state index contributed by atoms with van der Waals surface area (Å²) in [4.78, 5) is 0. The smallest absolute Gasteiger partial charge is 0.0725 e. The minimum atomic E-state index is 0.451. The molecule has 1 saturated heterocycles. The van der Waals surface area contributed by atoms with Crippen LogP contribution in [0.25, 0.3) is 0 Å². The average Bonchev–Trinajstić information content (AvgIpc) is 2.08. The maximum Gasteiger partial charge on any atom is 0.0725 e. The van der Waals surface area contributed by atoms with E-state index in [2.05, 4.69) is 26.1 Å². The van der Waals surface area contributed by atoms with Crippen molar-refractivity contribution >= 4 is 0 Å². The van der Waals surface area contributed by atoms with Crippen LogP contribution in [0.1, 0.15) is 40.0 Å². The monoisotopic (exact) mass is 185 g/mol. The molecule has 2 unspecified atom stereocenters. The fourth-order valence-corrected chi connectivity index (χ4v) is 1.70. The topological polar surface area (TPSA) is 21.3 Å². The molecule has 0 bridgehead atoms. The highest BCUT2D eigenvalue weighted by molar-refractivity contribution is 4.77. The van der Waals surface area contributed by atoms with Crippen molar-refractivity contribution in [1.82, 2.24) is 5.32 Å². The van der Waals surface area contributed by atoms with Gasteiger partial charge >= 0.3 is 0 Å². The van der Waals surface area contributed by atoms with E-state index >= 15 is 0 Å². The Hall–Kier alpha value is -0.0800. The van der Waals surface area contributed by atoms with Gasteiger partial charge in [-0.3, -0.25) is 0 Å². The summed E-state index contributed by atoms with van der Waals surface area (Å²) in [5.41, 5.74) is 0. The molecule has 2 nitrogen and oxygen atoms in total. The third-order valence-electron chi connectivity index (χ3n) is 2.72. The fraction of sp³-hybridized carbons (Fsp3) is 1.00. The molecule has 1 fully saturated rings. The molecule has 1 rings (SSSR count). The van der Waals surface area contributed by atoms with Crippen LogP contribution in [-0.2, 0) is 4.74 Å². The summed E-state index contributed by atoms with van der Waals surface area (Å²) in [6.45, 7) is 8.79. The van der Waals surface area contributed by atoms with Gasteiger partial charge < -0.3 is 10.1 Å². The van der Waals surface area contributed by atoms with E-state index in [1.54, 1.807) is 0 Å². The van der Waals surface area contributed by atoms with Crippen molar-refractivity contribution in [1.29, 1.82) is 0 Å². The minimum Gasteiger partial charge on any atom is -0.377 e. The summed E-state index contributed by atoms with van der Waals surface area (Å²) in [7, 11) is 0. The van der Waals surface area contributed by atoms with E-state index in [-0.39, 0.29) is 0 Å². The number of ether oxygens (including phenoxy) is 1. The molecule has 1 aliphatic heterocycles. The molecule has 2 heteroatoms. The lowest BCUT2D eigenvalue weighted by Crippen LogP contribution is -2.44. The van der Waals surface area contributed by atoms with Crippen LogP contribution in [0.5, 0.6) is 0 Å². The number of hydrogen-bond acceptors (Lipinski definition) is 2. The van der Waals surface area contributed by atoms with E-state index in [4.69, 9.17) is 4.74 Å². The molecule has 0 spiro atoms. The maximum atomic E-state index is 5.84. The summed E-state index contributed by atoms with van der Waals surface area (Å²) in [5, 5.41) is 3.45. The standard InChI is InChI=1S/C11H23NO/c1-9(2)6-8-13-11-5-4-7-12-10(11)3/h9-12H,4-8H2,1-3H3. The van der Waals surface area contributed by atoms with Crippen LogP contribution in [0.15, 0.2) is 0 Å². The van der Waals surface area contributed by atoms with Gasteiger partial charge in [-0.1, -0.05) is 13.8 Å². The van der Waals surface area contributed by atoms with Crippen LogP contribution in [-0.4, -0.2) is 25.3 Å². The van der Waals surface area contributed by atoms with E-state index in [9.17, 15) is 0 Å². The highest BCUT2D eigenvalue weighted by Gasteiger charge is 2.20. The number of rotatable bonds is 4.